The number of carbonyl (C=O) groups excluding carboxylic acids is 1. The molecule has 4 heteroatoms. The molecule has 0 bridgehead atoms. The van der Waals surface area contributed by atoms with Crippen LogP contribution in [0.3, 0.4) is 0 Å². The second kappa shape index (κ2) is 5.26. The summed E-state index contributed by atoms with van der Waals surface area (Å²) in [5.41, 5.74) is 0. The minimum atomic E-state index is -0.188. The average molecular weight is 236 g/mol. The zero-order valence-corrected chi connectivity index (χ0v) is 10.4. The summed E-state index contributed by atoms with van der Waals surface area (Å²) >= 11 is 7.44. The van der Waals surface area contributed by atoms with Gasteiger partial charge in [0.25, 0.3) is 0 Å². The molecule has 2 nitrogen and oxygen atoms in total. The maximum Gasteiger partial charge on any atom is 0.235 e. The van der Waals surface area contributed by atoms with E-state index in [1.807, 2.05) is 13.8 Å². The predicted molar refractivity (Wildman–Crippen MR) is 63.0 cm³/mol. The van der Waals surface area contributed by atoms with Gasteiger partial charge in [-0.05, 0) is 31.4 Å². The van der Waals surface area contributed by atoms with Gasteiger partial charge in [-0.15, -0.1) is 23.4 Å². The predicted octanol–water partition coefficient (Wildman–Crippen LogP) is 2.26. The van der Waals surface area contributed by atoms with Gasteiger partial charge >= 0.3 is 0 Å². The molecule has 1 fully saturated rings. The molecule has 0 spiro atoms. The van der Waals surface area contributed by atoms with Crippen molar-refractivity contribution >= 4 is 29.3 Å². The largest absolute Gasteiger partial charge is 0.355 e. The standard InChI is InChI=1S/C10H18ClNOS/c1-8(6-11)7-12-9(13)10(2)4-3-5-14-10/h8H,3-7H2,1-2H3,(H,12,13). The normalized spacial score (nSPS) is 28.8. The highest BCUT2D eigenvalue weighted by Crippen LogP contribution is 2.37. The molecule has 0 aromatic heterocycles. The molecule has 14 heavy (non-hydrogen) atoms. The molecule has 1 N–H and O–H groups in total. The number of amides is 1. The number of thioether (sulfide) groups is 1. The molecule has 2 atom stereocenters. The van der Waals surface area contributed by atoms with E-state index in [-0.39, 0.29) is 10.7 Å². The topological polar surface area (TPSA) is 29.1 Å². The first-order valence-corrected chi connectivity index (χ1v) is 6.59. The second-order valence-corrected chi connectivity index (χ2v) is 6.06. The smallest absolute Gasteiger partial charge is 0.235 e. The first-order chi connectivity index (χ1) is 6.58. The zero-order valence-electron chi connectivity index (χ0n) is 8.81. The van der Waals surface area contributed by atoms with Crippen molar-refractivity contribution in [3.8, 4) is 0 Å². The SMILES string of the molecule is CC(CCl)CNC(=O)C1(C)CCCS1. The third-order valence-electron chi connectivity index (χ3n) is 2.57. The van der Waals surface area contributed by atoms with E-state index in [0.717, 1.165) is 18.6 Å². The van der Waals surface area contributed by atoms with Crippen molar-refractivity contribution in [3.63, 3.8) is 0 Å². The molecule has 0 saturated carbocycles. The Hall–Kier alpha value is 0.110. The molecule has 1 saturated heterocycles. The van der Waals surface area contributed by atoms with Crippen molar-refractivity contribution in [2.75, 3.05) is 18.2 Å². The van der Waals surface area contributed by atoms with Crippen LogP contribution >= 0.6 is 23.4 Å². The highest BCUT2D eigenvalue weighted by molar-refractivity contribution is 8.01. The summed E-state index contributed by atoms with van der Waals surface area (Å²) in [6, 6.07) is 0. The zero-order chi connectivity index (χ0) is 10.6. The molecule has 1 rings (SSSR count). The maximum absolute atomic E-state index is 11.8. The van der Waals surface area contributed by atoms with Crippen LogP contribution in [0.4, 0.5) is 0 Å². The van der Waals surface area contributed by atoms with Crippen LogP contribution < -0.4 is 5.32 Å². The molecular formula is C10H18ClNOS. The molecular weight excluding hydrogens is 218 g/mol. The number of hydrogen-bond acceptors (Lipinski definition) is 2. The van der Waals surface area contributed by atoms with Crippen molar-refractivity contribution in [3.05, 3.63) is 0 Å². The fourth-order valence-electron chi connectivity index (χ4n) is 1.47. The minimum absolute atomic E-state index is 0.178. The van der Waals surface area contributed by atoms with E-state index in [4.69, 9.17) is 11.6 Å². The second-order valence-electron chi connectivity index (χ2n) is 4.15. The lowest BCUT2D eigenvalue weighted by atomic mass is 10.0. The van der Waals surface area contributed by atoms with Crippen molar-refractivity contribution in [2.24, 2.45) is 5.92 Å². The third-order valence-corrected chi connectivity index (χ3v) is 4.62. The Morgan fingerprint density at radius 3 is 2.93 bits per heavy atom. The monoisotopic (exact) mass is 235 g/mol. The highest BCUT2D eigenvalue weighted by atomic mass is 35.5. The summed E-state index contributed by atoms with van der Waals surface area (Å²) in [4.78, 5) is 11.8. The van der Waals surface area contributed by atoms with Crippen LogP contribution in [0, 0.1) is 5.92 Å². The van der Waals surface area contributed by atoms with E-state index < -0.39 is 0 Å². The van der Waals surface area contributed by atoms with E-state index in [0.29, 0.717) is 18.3 Å². The van der Waals surface area contributed by atoms with Crippen LogP contribution in [0.25, 0.3) is 0 Å². The first kappa shape index (κ1) is 12.2. The fraction of sp³-hybridized carbons (Fsp3) is 0.900. The molecule has 0 aromatic rings. The van der Waals surface area contributed by atoms with Gasteiger partial charge in [-0.25, -0.2) is 0 Å². The molecule has 1 amide bonds. The molecule has 82 valence electrons. The van der Waals surface area contributed by atoms with Crippen molar-refractivity contribution in [2.45, 2.75) is 31.4 Å². The van der Waals surface area contributed by atoms with Gasteiger partial charge in [0.15, 0.2) is 0 Å². The van der Waals surface area contributed by atoms with E-state index >= 15 is 0 Å². The number of hydrogen-bond donors (Lipinski definition) is 1. The first-order valence-electron chi connectivity index (χ1n) is 5.07. The molecule has 0 aromatic carbocycles. The Labute approximate surface area is 95.2 Å². The summed E-state index contributed by atoms with van der Waals surface area (Å²) < 4.78 is -0.188. The number of halogens is 1. The van der Waals surface area contributed by atoms with Gasteiger partial charge in [-0.1, -0.05) is 6.92 Å². The fourth-order valence-corrected chi connectivity index (χ4v) is 2.81. The van der Waals surface area contributed by atoms with Gasteiger partial charge in [-0.2, -0.15) is 0 Å². The third kappa shape index (κ3) is 3.06. The number of nitrogens with one attached hydrogen (secondary N) is 1. The molecule has 0 aliphatic carbocycles. The van der Waals surface area contributed by atoms with Gasteiger partial charge in [0.05, 0.1) is 4.75 Å². The van der Waals surface area contributed by atoms with Gasteiger partial charge in [0.1, 0.15) is 0 Å². The summed E-state index contributed by atoms with van der Waals surface area (Å²) in [7, 11) is 0. The van der Waals surface area contributed by atoms with Gasteiger partial charge < -0.3 is 5.32 Å². The number of carbonyl (C=O) groups is 1. The Morgan fingerprint density at radius 1 is 1.71 bits per heavy atom. The Bertz CT molecular complexity index is 204. The number of alkyl halides is 1. The van der Waals surface area contributed by atoms with E-state index in [2.05, 4.69) is 5.32 Å². The number of rotatable bonds is 4. The lowest BCUT2D eigenvalue weighted by Crippen LogP contribution is -2.42. The van der Waals surface area contributed by atoms with E-state index in [1.165, 1.54) is 0 Å². The highest BCUT2D eigenvalue weighted by Gasteiger charge is 2.36. The summed E-state index contributed by atoms with van der Waals surface area (Å²) in [5.74, 6) is 2.24. The van der Waals surface area contributed by atoms with E-state index in [1.54, 1.807) is 11.8 Å². The summed E-state index contributed by atoms with van der Waals surface area (Å²) in [6.07, 6.45) is 2.15. The summed E-state index contributed by atoms with van der Waals surface area (Å²) in [6.45, 7) is 4.77. The van der Waals surface area contributed by atoms with Crippen molar-refractivity contribution in [1.82, 2.24) is 5.32 Å². The van der Waals surface area contributed by atoms with Crippen molar-refractivity contribution in [1.29, 1.82) is 0 Å². The van der Waals surface area contributed by atoms with Crippen LogP contribution in [0.2, 0.25) is 0 Å². The minimum Gasteiger partial charge on any atom is -0.355 e. The molecule has 1 aliphatic heterocycles. The lowest BCUT2D eigenvalue weighted by molar-refractivity contribution is -0.123. The van der Waals surface area contributed by atoms with Crippen LogP contribution in [-0.2, 0) is 4.79 Å². The van der Waals surface area contributed by atoms with Crippen LogP contribution in [0.15, 0.2) is 0 Å². The van der Waals surface area contributed by atoms with Gasteiger partial charge in [0.2, 0.25) is 5.91 Å². The lowest BCUT2D eigenvalue weighted by Gasteiger charge is -2.22. The molecule has 1 heterocycles. The summed E-state index contributed by atoms with van der Waals surface area (Å²) in [5, 5.41) is 2.97. The van der Waals surface area contributed by atoms with Crippen molar-refractivity contribution < 1.29 is 4.79 Å². The Kier molecular flexibility index (Phi) is 4.58. The molecule has 2 unspecified atom stereocenters. The average Bonchev–Trinajstić information content (AvgIpc) is 2.62. The van der Waals surface area contributed by atoms with Crippen LogP contribution in [0.1, 0.15) is 26.7 Å². The Balaban J connectivity index is 2.34. The quantitative estimate of drug-likeness (QED) is 0.758. The molecule has 1 aliphatic rings. The molecule has 0 radical (unpaired) electrons. The van der Waals surface area contributed by atoms with Crippen LogP contribution in [0.5, 0.6) is 0 Å². The van der Waals surface area contributed by atoms with Gasteiger partial charge in [0, 0.05) is 12.4 Å². The van der Waals surface area contributed by atoms with E-state index in [9.17, 15) is 4.79 Å². The maximum atomic E-state index is 11.8. The van der Waals surface area contributed by atoms with Crippen LogP contribution in [-0.4, -0.2) is 28.8 Å². The van der Waals surface area contributed by atoms with Gasteiger partial charge in [-0.3, -0.25) is 4.79 Å². The Morgan fingerprint density at radius 2 is 2.43 bits per heavy atom.